The molecule has 2 aromatic rings. The van der Waals surface area contributed by atoms with E-state index in [4.69, 9.17) is 4.42 Å². The molecule has 0 unspecified atom stereocenters. The molecule has 1 amide bonds. The van der Waals surface area contributed by atoms with E-state index in [-0.39, 0.29) is 24.0 Å². The summed E-state index contributed by atoms with van der Waals surface area (Å²) in [7, 11) is 0. The van der Waals surface area contributed by atoms with Crippen LogP contribution >= 0.6 is 0 Å². The molecule has 1 atom stereocenters. The summed E-state index contributed by atoms with van der Waals surface area (Å²) in [4.78, 5) is 18.3. The number of carbonyl (C=O) groups is 1. The third-order valence-corrected chi connectivity index (χ3v) is 4.16. The first-order valence-electron chi connectivity index (χ1n) is 8.25. The number of halogens is 3. The number of aromatic nitrogens is 3. The molecule has 26 heavy (non-hydrogen) atoms. The van der Waals surface area contributed by atoms with Crippen LogP contribution in [0.25, 0.3) is 0 Å². The first-order chi connectivity index (χ1) is 12.2. The predicted molar refractivity (Wildman–Crippen MR) is 85.2 cm³/mol. The Bertz CT molecular complexity index is 783. The number of rotatable bonds is 5. The van der Waals surface area contributed by atoms with Crippen LogP contribution in [-0.2, 0) is 24.3 Å². The highest BCUT2D eigenvalue weighted by atomic mass is 19.4. The van der Waals surface area contributed by atoms with Crippen molar-refractivity contribution in [2.45, 2.75) is 45.6 Å². The molecular weight excluding hydrogens is 351 g/mol. The lowest BCUT2D eigenvalue weighted by Crippen LogP contribution is -2.55. The largest absolute Gasteiger partial charge is 0.465 e. The molecule has 1 aliphatic heterocycles. The van der Waals surface area contributed by atoms with E-state index in [1.54, 1.807) is 0 Å². The fourth-order valence-electron chi connectivity index (χ4n) is 3.06. The quantitative estimate of drug-likeness (QED) is 0.864. The van der Waals surface area contributed by atoms with Gasteiger partial charge in [-0.1, -0.05) is 0 Å². The van der Waals surface area contributed by atoms with Gasteiger partial charge in [-0.25, -0.2) is 9.67 Å². The maximum absolute atomic E-state index is 12.8. The summed E-state index contributed by atoms with van der Waals surface area (Å²) >= 11 is 0. The van der Waals surface area contributed by atoms with Crippen LogP contribution in [0.5, 0.6) is 0 Å². The molecule has 1 N–H and O–H groups in total. The number of carbonyl (C=O) groups excluding carboxylic acids is 1. The van der Waals surface area contributed by atoms with E-state index in [0.717, 1.165) is 10.4 Å². The highest BCUT2D eigenvalue weighted by Gasteiger charge is 2.34. The SMILES string of the molecule is Cc1nc(C[C@@H]2C(=O)NCCN2Cc2ccc(C)o2)n(CC(F)(F)F)n1. The number of furan rings is 1. The second kappa shape index (κ2) is 7.10. The number of amides is 1. The van der Waals surface area contributed by atoms with E-state index in [1.807, 2.05) is 24.0 Å². The number of nitrogens with one attached hydrogen (secondary N) is 1. The summed E-state index contributed by atoms with van der Waals surface area (Å²) in [6, 6.07) is 3.03. The highest BCUT2D eigenvalue weighted by molar-refractivity contribution is 5.82. The van der Waals surface area contributed by atoms with Gasteiger partial charge in [0, 0.05) is 19.5 Å². The summed E-state index contributed by atoms with van der Waals surface area (Å²) in [5.41, 5.74) is 0. The van der Waals surface area contributed by atoms with Crippen LogP contribution in [0.1, 0.15) is 23.2 Å². The zero-order valence-corrected chi connectivity index (χ0v) is 14.5. The Morgan fingerprint density at radius 2 is 2.12 bits per heavy atom. The zero-order chi connectivity index (χ0) is 18.9. The standard InChI is InChI=1S/C16H20F3N5O2/c1-10-3-4-12(26-10)8-23-6-5-20-15(25)13(23)7-14-21-11(2)22-24(14)9-16(17,18)19/h3-4,13H,5-9H2,1-2H3,(H,20,25)/t13-/m1/s1. The van der Waals surface area contributed by atoms with E-state index in [0.29, 0.717) is 25.4 Å². The summed E-state index contributed by atoms with van der Waals surface area (Å²) < 4.78 is 44.7. The molecule has 0 bridgehead atoms. The molecule has 0 aromatic carbocycles. The average molecular weight is 371 g/mol. The monoisotopic (exact) mass is 371 g/mol. The van der Waals surface area contributed by atoms with E-state index in [9.17, 15) is 18.0 Å². The maximum Gasteiger partial charge on any atom is 0.408 e. The van der Waals surface area contributed by atoms with Crippen LogP contribution in [0.2, 0.25) is 0 Å². The molecule has 0 spiro atoms. The third-order valence-electron chi connectivity index (χ3n) is 4.16. The van der Waals surface area contributed by atoms with Crippen LogP contribution in [0.3, 0.4) is 0 Å². The number of hydrogen-bond acceptors (Lipinski definition) is 5. The summed E-state index contributed by atoms with van der Waals surface area (Å²) in [5.74, 6) is 1.61. The van der Waals surface area contributed by atoms with Crippen LogP contribution in [-0.4, -0.2) is 50.9 Å². The minimum Gasteiger partial charge on any atom is -0.465 e. The van der Waals surface area contributed by atoms with Gasteiger partial charge in [0.2, 0.25) is 5.91 Å². The Morgan fingerprint density at radius 1 is 1.35 bits per heavy atom. The molecule has 2 aromatic heterocycles. The van der Waals surface area contributed by atoms with Crippen molar-refractivity contribution in [3.05, 3.63) is 35.3 Å². The number of piperazine rings is 1. The molecule has 142 valence electrons. The molecule has 3 rings (SSSR count). The van der Waals surface area contributed by atoms with Gasteiger partial charge in [-0.3, -0.25) is 9.69 Å². The van der Waals surface area contributed by atoms with Gasteiger partial charge in [0.05, 0.1) is 12.6 Å². The molecule has 10 heteroatoms. The Kier molecular flexibility index (Phi) is 5.03. The molecule has 0 aliphatic carbocycles. The topological polar surface area (TPSA) is 76.2 Å². The molecule has 0 saturated carbocycles. The Hall–Kier alpha value is -2.36. The first kappa shape index (κ1) is 18.4. The second-order valence-electron chi connectivity index (χ2n) is 6.34. The smallest absolute Gasteiger partial charge is 0.408 e. The van der Waals surface area contributed by atoms with Crippen molar-refractivity contribution in [2.24, 2.45) is 0 Å². The minimum absolute atomic E-state index is 0.0441. The number of aryl methyl sites for hydroxylation is 2. The van der Waals surface area contributed by atoms with Crippen molar-refractivity contribution in [3.8, 4) is 0 Å². The summed E-state index contributed by atoms with van der Waals surface area (Å²) in [6.45, 7) is 3.58. The van der Waals surface area contributed by atoms with Crippen LogP contribution in [0.4, 0.5) is 13.2 Å². The van der Waals surface area contributed by atoms with Gasteiger partial charge in [0.25, 0.3) is 0 Å². The average Bonchev–Trinajstić information content (AvgIpc) is 3.07. The number of nitrogens with zero attached hydrogens (tertiary/aromatic N) is 4. The van der Waals surface area contributed by atoms with Gasteiger partial charge < -0.3 is 9.73 Å². The molecule has 1 fully saturated rings. The third kappa shape index (κ3) is 4.43. The fraction of sp³-hybridized carbons (Fsp3) is 0.562. The molecule has 3 heterocycles. The van der Waals surface area contributed by atoms with Gasteiger partial charge in [0.1, 0.15) is 29.7 Å². The summed E-state index contributed by atoms with van der Waals surface area (Å²) in [6.07, 6.45) is -4.36. The van der Waals surface area contributed by atoms with Crippen molar-refractivity contribution >= 4 is 5.91 Å². The molecule has 1 saturated heterocycles. The number of alkyl halides is 3. The van der Waals surface area contributed by atoms with Crippen molar-refractivity contribution in [1.29, 1.82) is 0 Å². The van der Waals surface area contributed by atoms with Gasteiger partial charge in [-0.2, -0.15) is 18.3 Å². The number of hydrogen-bond donors (Lipinski definition) is 1. The van der Waals surface area contributed by atoms with Crippen LogP contribution < -0.4 is 5.32 Å². The van der Waals surface area contributed by atoms with Gasteiger partial charge in [0.15, 0.2) is 0 Å². The Balaban J connectivity index is 1.80. The zero-order valence-electron chi connectivity index (χ0n) is 14.5. The highest BCUT2D eigenvalue weighted by Crippen LogP contribution is 2.20. The lowest BCUT2D eigenvalue weighted by molar-refractivity contribution is -0.143. The lowest BCUT2D eigenvalue weighted by Gasteiger charge is -2.34. The minimum atomic E-state index is -4.41. The van der Waals surface area contributed by atoms with Crippen molar-refractivity contribution in [1.82, 2.24) is 25.0 Å². The Labute approximate surface area is 148 Å². The van der Waals surface area contributed by atoms with Crippen LogP contribution in [0.15, 0.2) is 16.5 Å². The molecular formula is C16H20F3N5O2. The predicted octanol–water partition coefficient (Wildman–Crippen LogP) is 1.59. The molecule has 1 aliphatic rings. The maximum atomic E-state index is 12.8. The Morgan fingerprint density at radius 3 is 2.77 bits per heavy atom. The lowest BCUT2D eigenvalue weighted by atomic mass is 10.1. The first-order valence-corrected chi connectivity index (χ1v) is 8.25. The van der Waals surface area contributed by atoms with Gasteiger partial charge >= 0.3 is 6.18 Å². The van der Waals surface area contributed by atoms with Crippen molar-refractivity contribution < 1.29 is 22.4 Å². The van der Waals surface area contributed by atoms with Crippen molar-refractivity contribution in [2.75, 3.05) is 13.1 Å². The second-order valence-corrected chi connectivity index (χ2v) is 6.34. The van der Waals surface area contributed by atoms with E-state index < -0.39 is 18.8 Å². The van der Waals surface area contributed by atoms with E-state index >= 15 is 0 Å². The van der Waals surface area contributed by atoms with Gasteiger partial charge in [-0.15, -0.1) is 0 Å². The van der Waals surface area contributed by atoms with E-state index in [2.05, 4.69) is 15.4 Å². The molecule has 0 radical (unpaired) electrons. The fourth-order valence-corrected chi connectivity index (χ4v) is 3.06. The normalized spacial score (nSPS) is 19.0. The van der Waals surface area contributed by atoms with Gasteiger partial charge in [-0.05, 0) is 26.0 Å². The van der Waals surface area contributed by atoms with Crippen molar-refractivity contribution in [3.63, 3.8) is 0 Å². The van der Waals surface area contributed by atoms with E-state index in [1.165, 1.54) is 6.92 Å². The summed E-state index contributed by atoms with van der Waals surface area (Å²) in [5, 5.41) is 6.57. The van der Waals surface area contributed by atoms with Crippen LogP contribution in [0, 0.1) is 13.8 Å². The molecule has 7 nitrogen and oxygen atoms in total.